The molecule has 16 heavy (non-hydrogen) atoms. The van der Waals surface area contributed by atoms with Crippen LogP contribution >= 0.6 is 0 Å². The fourth-order valence-electron chi connectivity index (χ4n) is 2.09. The van der Waals surface area contributed by atoms with Gasteiger partial charge >= 0.3 is 0 Å². The van der Waals surface area contributed by atoms with Crippen molar-refractivity contribution in [3.8, 4) is 0 Å². The molecule has 0 saturated carbocycles. The van der Waals surface area contributed by atoms with Crippen LogP contribution in [0.4, 0.5) is 0 Å². The number of carbonyl (C=O) groups is 1. The average molecular weight is 212 g/mol. The van der Waals surface area contributed by atoms with E-state index >= 15 is 0 Å². The van der Waals surface area contributed by atoms with Crippen LogP contribution in [0.25, 0.3) is 10.8 Å². The van der Waals surface area contributed by atoms with Gasteiger partial charge in [0, 0.05) is 6.42 Å². The Morgan fingerprint density at radius 3 is 2.69 bits per heavy atom. The van der Waals surface area contributed by atoms with Crippen molar-refractivity contribution in [2.45, 2.75) is 19.8 Å². The van der Waals surface area contributed by atoms with Crippen molar-refractivity contribution in [3.63, 3.8) is 0 Å². The van der Waals surface area contributed by atoms with E-state index < -0.39 is 0 Å². The first-order valence-corrected chi connectivity index (χ1v) is 5.71. The van der Waals surface area contributed by atoms with Gasteiger partial charge in [0.1, 0.15) is 6.29 Å². The highest BCUT2D eigenvalue weighted by atomic mass is 16.1. The van der Waals surface area contributed by atoms with Gasteiger partial charge in [0.2, 0.25) is 0 Å². The third kappa shape index (κ3) is 2.30. The van der Waals surface area contributed by atoms with Gasteiger partial charge in [-0.25, -0.2) is 0 Å². The Bertz CT molecular complexity index is 482. The van der Waals surface area contributed by atoms with Crippen LogP contribution in [-0.2, 0) is 11.2 Å². The van der Waals surface area contributed by atoms with Gasteiger partial charge in [-0.2, -0.15) is 0 Å². The summed E-state index contributed by atoms with van der Waals surface area (Å²) in [6.45, 7) is 2.12. The van der Waals surface area contributed by atoms with Gasteiger partial charge in [-0.15, -0.1) is 0 Å². The Kier molecular flexibility index (Phi) is 3.35. The number of rotatable bonds is 4. The molecule has 0 fully saturated rings. The maximum atomic E-state index is 10.5. The third-order valence-electron chi connectivity index (χ3n) is 2.95. The molecule has 0 aliphatic heterocycles. The topological polar surface area (TPSA) is 17.1 Å². The van der Waals surface area contributed by atoms with E-state index in [0.717, 1.165) is 12.7 Å². The van der Waals surface area contributed by atoms with Crippen molar-refractivity contribution in [1.29, 1.82) is 0 Å². The highest BCUT2D eigenvalue weighted by Gasteiger charge is 2.05. The van der Waals surface area contributed by atoms with Crippen molar-refractivity contribution in [3.05, 3.63) is 48.0 Å². The molecule has 0 amide bonds. The molecule has 1 nitrogen and oxygen atoms in total. The smallest absolute Gasteiger partial charge is 0.120 e. The van der Waals surface area contributed by atoms with Crippen LogP contribution < -0.4 is 0 Å². The lowest BCUT2D eigenvalue weighted by atomic mass is 9.94. The standard InChI is InChI=1S/C15H16O/c1-12(9-10-16)11-14-7-4-6-13-5-2-3-8-15(13)14/h2-8,10,12H,9,11H2,1H3/t12-/m1/s1. The number of aldehydes is 1. The van der Waals surface area contributed by atoms with Gasteiger partial charge in [-0.3, -0.25) is 0 Å². The van der Waals surface area contributed by atoms with E-state index in [1.54, 1.807) is 0 Å². The van der Waals surface area contributed by atoms with Gasteiger partial charge in [0.15, 0.2) is 0 Å². The predicted octanol–water partition coefficient (Wildman–Crippen LogP) is 3.61. The Morgan fingerprint density at radius 1 is 1.12 bits per heavy atom. The summed E-state index contributed by atoms with van der Waals surface area (Å²) in [6, 6.07) is 14.8. The molecule has 0 N–H and O–H groups in total. The van der Waals surface area contributed by atoms with Crippen LogP contribution in [0, 0.1) is 5.92 Å². The minimum atomic E-state index is 0.420. The summed E-state index contributed by atoms with van der Waals surface area (Å²) in [7, 11) is 0. The van der Waals surface area contributed by atoms with Gasteiger partial charge in [-0.05, 0) is 28.7 Å². The Balaban J connectivity index is 2.33. The lowest BCUT2D eigenvalue weighted by Crippen LogP contribution is -2.00. The molecule has 2 aromatic rings. The van der Waals surface area contributed by atoms with E-state index in [-0.39, 0.29) is 0 Å². The number of fused-ring (bicyclic) bond motifs is 1. The minimum absolute atomic E-state index is 0.420. The lowest BCUT2D eigenvalue weighted by molar-refractivity contribution is -0.108. The quantitative estimate of drug-likeness (QED) is 0.707. The number of carbonyl (C=O) groups excluding carboxylic acids is 1. The molecule has 0 bridgehead atoms. The fourth-order valence-corrected chi connectivity index (χ4v) is 2.09. The normalized spacial score (nSPS) is 12.6. The van der Waals surface area contributed by atoms with E-state index in [2.05, 4.69) is 49.4 Å². The molecule has 0 unspecified atom stereocenters. The molecule has 0 aromatic heterocycles. The molecule has 0 spiro atoms. The molecule has 0 heterocycles. The van der Waals surface area contributed by atoms with E-state index in [9.17, 15) is 4.79 Å². The van der Waals surface area contributed by atoms with Crippen molar-refractivity contribution in [1.82, 2.24) is 0 Å². The number of hydrogen-bond acceptors (Lipinski definition) is 1. The second-order valence-corrected chi connectivity index (χ2v) is 4.35. The van der Waals surface area contributed by atoms with Crippen LogP contribution in [0.5, 0.6) is 0 Å². The fraction of sp³-hybridized carbons (Fsp3) is 0.267. The maximum Gasteiger partial charge on any atom is 0.120 e. The average Bonchev–Trinajstić information content (AvgIpc) is 2.30. The van der Waals surface area contributed by atoms with Gasteiger partial charge in [-0.1, -0.05) is 49.4 Å². The summed E-state index contributed by atoms with van der Waals surface area (Å²) in [6.07, 6.45) is 2.62. The molecule has 82 valence electrons. The van der Waals surface area contributed by atoms with Crippen molar-refractivity contribution >= 4 is 17.1 Å². The zero-order valence-electron chi connectivity index (χ0n) is 9.52. The van der Waals surface area contributed by atoms with Crippen molar-refractivity contribution < 1.29 is 4.79 Å². The molecule has 2 rings (SSSR count). The summed E-state index contributed by atoms with van der Waals surface area (Å²) >= 11 is 0. The van der Waals surface area contributed by atoms with Crippen LogP contribution in [0.2, 0.25) is 0 Å². The van der Waals surface area contributed by atoms with Crippen LogP contribution in [0.3, 0.4) is 0 Å². The zero-order valence-corrected chi connectivity index (χ0v) is 9.52. The van der Waals surface area contributed by atoms with E-state index in [1.165, 1.54) is 16.3 Å². The van der Waals surface area contributed by atoms with E-state index in [0.29, 0.717) is 12.3 Å². The van der Waals surface area contributed by atoms with Crippen LogP contribution in [0.15, 0.2) is 42.5 Å². The zero-order chi connectivity index (χ0) is 11.4. The lowest BCUT2D eigenvalue weighted by Gasteiger charge is -2.10. The second kappa shape index (κ2) is 4.93. The van der Waals surface area contributed by atoms with Crippen LogP contribution in [0.1, 0.15) is 18.9 Å². The van der Waals surface area contributed by atoms with E-state index in [4.69, 9.17) is 0 Å². The summed E-state index contributed by atoms with van der Waals surface area (Å²) < 4.78 is 0. The summed E-state index contributed by atoms with van der Waals surface area (Å²) in [5, 5.41) is 2.58. The first kappa shape index (κ1) is 10.9. The van der Waals surface area contributed by atoms with Crippen molar-refractivity contribution in [2.24, 2.45) is 5.92 Å². The molecule has 0 radical (unpaired) electrons. The maximum absolute atomic E-state index is 10.5. The highest BCUT2D eigenvalue weighted by Crippen LogP contribution is 2.21. The molecule has 1 heteroatoms. The second-order valence-electron chi connectivity index (χ2n) is 4.35. The van der Waals surface area contributed by atoms with Gasteiger partial charge in [0.25, 0.3) is 0 Å². The molecule has 1 atom stereocenters. The highest BCUT2D eigenvalue weighted by molar-refractivity contribution is 5.85. The van der Waals surface area contributed by atoms with Crippen LogP contribution in [-0.4, -0.2) is 6.29 Å². The SMILES string of the molecule is C[C@H](CC=O)Cc1cccc2ccccc12. The van der Waals surface area contributed by atoms with Crippen molar-refractivity contribution in [2.75, 3.05) is 0 Å². The Hall–Kier alpha value is -1.63. The largest absolute Gasteiger partial charge is 0.303 e. The third-order valence-corrected chi connectivity index (χ3v) is 2.95. The van der Waals surface area contributed by atoms with Gasteiger partial charge in [0.05, 0.1) is 0 Å². The molecule has 0 aliphatic rings. The first-order valence-electron chi connectivity index (χ1n) is 5.71. The number of hydrogen-bond donors (Lipinski definition) is 0. The molecule has 2 aromatic carbocycles. The molecule has 0 aliphatic carbocycles. The Labute approximate surface area is 96.1 Å². The van der Waals surface area contributed by atoms with E-state index in [1.807, 2.05) is 0 Å². The molecular weight excluding hydrogens is 196 g/mol. The van der Waals surface area contributed by atoms with Gasteiger partial charge < -0.3 is 4.79 Å². The molecule has 0 saturated heterocycles. The Morgan fingerprint density at radius 2 is 1.88 bits per heavy atom. The number of benzene rings is 2. The minimum Gasteiger partial charge on any atom is -0.303 e. The first-order chi connectivity index (χ1) is 7.81. The molecular formula is C15H16O. The summed E-state index contributed by atoms with van der Waals surface area (Å²) in [5.41, 5.74) is 1.34. The monoisotopic (exact) mass is 212 g/mol. The summed E-state index contributed by atoms with van der Waals surface area (Å²) in [5.74, 6) is 0.420. The predicted molar refractivity (Wildman–Crippen MR) is 67.5 cm³/mol. The summed E-state index contributed by atoms with van der Waals surface area (Å²) in [4.78, 5) is 10.5.